The average Bonchev–Trinajstić information content (AvgIpc) is 2.51. The van der Waals surface area contributed by atoms with Gasteiger partial charge in [-0.05, 0) is 33.6 Å². The second-order valence-corrected chi connectivity index (χ2v) is 6.57. The predicted molar refractivity (Wildman–Crippen MR) is 87.6 cm³/mol. The number of hydrogen-bond donors (Lipinski definition) is 2. The fourth-order valence-corrected chi connectivity index (χ4v) is 2.35. The number of alkyl carbamates (subject to hydrolysis) is 1. The Morgan fingerprint density at radius 2 is 2.04 bits per heavy atom. The van der Waals surface area contributed by atoms with Gasteiger partial charge in [-0.15, -0.1) is 0 Å². The normalized spacial score (nSPS) is 16.0. The number of amides is 1. The first-order valence-electron chi connectivity index (χ1n) is 8.04. The molecule has 2 N–H and O–H groups in total. The summed E-state index contributed by atoms with van der Waals surface area (Å²) in [6, 6.07) is 1.98. The Bertz CT molecular complexity index is 510. The SMILES string of the molecule is CC(C)(C)OC(=O)NCCNc1cc(C2CCOCC2)ncn1. The fraction of sp³-hybridized carbons (Fsp3) is 0.688. The van der Waals surface area contributed by atoms with Gasteiger partial charge in [-0.1, -0.05) is 0 Å². The monoisotopic (exact) mass is 322 g/mol. The van der Waals surface area contributed by atoms with Crippen LogP contribution in [0.4, 0.5) is 10.6 Å². The molecule has 1 aromatic rings. The molecule has 0 aliphatic carbocycles. The summed E-state index contributed by atoms with van der Waals surface area (Å²) < 4.78 is 10.5. The van der Waals surface area contributed by atoms with Gasteiger partial charge < -0.3 is 20.1 Å². The molecule has 1 amide bonds. The first-order chi connectivity index (χ1) is 10.9. The lowest BCUT2D eigenvalue weighted by Gasteiger charge is -2.21. The molecule has 2 heterocycles. The van der Waals surface area contributed by atoms with Gasteiger partial charge in [0.2, 0.25) is 0 Å². The smallest absolute Gasteiger partial charge is 0.407 e. The van der Waals surface area contributed by atoms with Gasteiger partial charge in [0.05, 0.1) is 0 Å². The van der Waals surface area contributed by atoms with Crippen molar-refractivity contribution in [1.82, 2.24) is 15.3 Å². The summed E-state index contributed by atoms with van der Waals surface area (Å²) in [7, 11) is 0. The summed E-state index contributed by atoms with van der Waals surface area (Å²) in [5.74, 6) is 1.21. The van der Waals surface area contributed by atoms with Crippen LogP contribution in [-0.2, 0) is 9.47 Å². The number of nitrogens with zero attached hydrogens (tertiary/aromatic N) is 2. The van der Waals surface area contributed by atoms with Crippen LogP contribution in [0.1, 0.15) is 45.2 Å². The van der Waals surface area contributed by atoms with Crippen LogP contribution in [0.15, 0.2) is 12.4 Å². The second kappa shape index (κ2) is 8.10. The summed E-state index contributed by atoms with van der Waals surface area (Å²) in [6.45, 7) is 8.13. The molecule has 0 radical (unpaired) electrons. The molecule has 128 valence electrons. The van der Waals surface area contributed by atoms with Crippen molar-refractivity contribution in [2.75, 3.05) is 31.6 Å². The number of ether oxygens (including phenoxy) is 2. The van der Waals surface area contributed by atoms with E-state index in [1.807, 2.05) is 26.8 Å². The molecule has 0 aromatic carbocycles. The van der Waals surface area contributed by atoms with E-state index in [2.05, 4.69) is 20.6 Å². The zero-order valence-corrected chi connectivity index (χ0v) is 14.1. The Balaban J connectivity index is 1.74. The van der Waals surface area contributed by atoms with E-state index in [1.165, 1.54) is 0 Å². The van der Waals surface area contributed by atoms with Crippen molar-refractivity contribution in [3.8, 4) is 0 Å². The molecule has 7 nitrogen and oxygen atoms in total. The molecule has 1 saturated heterocycles. The molecule has 0 saturated carbocycles. The van der Waals surface area contributed by atoms with Crippen LogP contribution in [0.3, 0.4) is 0 Å². The Morgan fingerprint density at radius 1 is 1.30 bits per heavy atom. The molecule has 1 aromatic heterocycles. The Kier molecular flexibility index (Phi) is 6.15. The van der Waals surface area contributed by atoms with Crippen LogP contribution in [0.5, 0.6) is 0 Å². The van der Waals surface area contributed by atoms with Crippen LogP contribution in [0.2, 0.25) is 0 Å². The van der Waals surface area contributed by atoms with E-state index in [4.69, 9.17) is 9.47 Å². The molecular weight excluding hydrogens is 296 g/mol. The number of hydrogen-bond acceptors (Lipinski definition) is 6. The zero-order valence-electron chi connectivity index (χ0n) is 14.1. The standard InChI is InChI=1S/C16H26N4O3/c1-16(2,3)23-15(21)18-7-6-17-14-10-13(19-11-20-14)12-4-8-22-9-5-12/h10-12H,4-9H2,1-3H3,(H,18,21)(H,17,19,20). The van der Waals surface area contributed by atoms with Crippen molar-refractivity contribution in [3.63, 3.8) is 0 Å². The van der Waals surface area contributed by atoms with Gasteiger partial charge in [-0.2, -0.15) is 0 Å². The highest BCUT2D eigenvalue weighted by Crippen LogP contribution is 2.25. The number of rotatable bonds is 5. The first-order valence-corrected chi connectivity index (χ1v) is 8.04. The third-order valence-corrected chi connectivity index (χ3v) is 3.43. The lowest BCUT2D eigenvalue weighted by atomic mass is 9.96. The molecule has 1 aliphatic heterocycles. The Labute approximate surface area is 137 Å². The zero-order chi connectivity index (χ0) is 16.7. The molecule has 0 spiro atoms. The molecule has 0 atom stereocenters. The second-order valence-electron chi connectivity index (χ2n) is 6.57. The van der Waals surface area contributed by atoms with E-state index in [0.717, 1.165) is 37.6 Å². The van der Waals surface area contributed by atoms with Crippen molar-refractivity contribution in [1.29, 1.82) is 0 Å². The lowest BCUT2D eigenvalue weighted by molar-refractivity contribution is 0.0530. The summed E-state index contributed by atoms with van der Waals surface area (Å²) in [6.07, 6.45) is 3.16. The van der Waals surface area contributed by atoms with Crippen LogP contribution < -0.4 is 10.6 Å². The van der Waals surface area contributed by atoms with Crippen LogP contribution >= 0.6 is 0 Å². The largest absolute Gasteiger partial charge is 0.444 e. The minimum Gasteiger partial charge on any atom is -0.444 e. The number of carbonyl (C=O) groups excluding carboxylic acids is 1. The van der Waals surface area contributed by atoms with E-state index < -0.39 is 11.7 Å². The summed E-state index contributed by atoms with van der Waals surface area (Å²) >= 11 is 0. The van der Waals surface area contributed by atoms with Crippen LogP contribution in [0, 0.1) is 0 Å². The first kappa shape index (κ1) is 17.5. The van der Waals surface area contributed by atoms with Crippen molar-refractivity contribution < 1.29 is 14.3 Å². The summed E-state index contributed by atoms with van der Waals surface area (Å²) in [4.78, 5) is 20.1. The van der Waals surface area contributed by atoms with Gasteiger partial charge in [-0.25, -0.2) is 14.8 Å². The average molecular weight is 322 g/mol. The predicted octanol–water partition coefficient (Wildman–Crippen LogP) is 2.31. The topological polar surface area (TPSA) is 85.4 Å². The van der Waals surface area contributed by atoms with Crippen molar-refractivity contribution in [3.05, 3.63) is 18.1 Å². The van der Waals surface area contributed by atoms with Gasteiger partial charge in [-0.3, -0.25) is 0 Å². The molecule has 0 bridgehead atoms. The summed E-state index contributed by atoms with van der Waals surface area (Å²) in [5.41, 5.74) is 0.564. The molecule has 23 heavy (non-hydrogen) atoms. The van der Waals surface area contributed by atoms with Gasteiger partial charge in [0.25, 0.3) is 0 Å². The van der Waals surface area contributed by atoms with Crippen LogP contribution in [0.25, 0.3) is 0 Å². The lowest BCUT2D eigenvalue weighted by Crippen LogP contribution is -2.35. The molecule has 7 heteroatoms. The fourth-order valence-electron chi connectivity index (χ4n) is 2.35. The Hall–Kier alpha value is -1.89. The van der Waals surface area contributed by atoms with E-state index >= 15 is 0 Å². The van der Waals surface area contributed by atoms with Gasteiger partial charge >= 0.3 is 6.09 Å². The minimum atomic E-state index is -0.483. The van der Waals surface area contributed by atoms with E-state index in [9.17, 15) is 4.79 Å². The van der Waals surface area contributed by atoms with Gasteiger partial charge in [0, 0.05) is 44.0 Å². The molecule has 1 aliphatic rings. The molecule has 0 unspecified atom stereocenters. The maximum Gasteiger partial charge on any atom is 0.407 e. The third-order valence-electron chi connectivity index (χ3n) is 3.43. The molecule has 1 fully saturated rings. The summed E-state index contributed by atoms with van der Waals surface area (Å²) in [5, 5.41) is 5.89. The van der Waals surface area contributed by atoms with E-state index in [1.54, 1.807) is 6.33 Å². The molecule has 2 rings (SSSR count). The van der Waals surface area contributed by atoms with Crippen LogP contribution in [-0.4, -0.2) is 48.0 Å². The maximum atomic E-state index is 11.5. The van der Waals surface area contributed by atoms with Crippen molar-refractivity contribution >= 4 is 11.9 Å². The highest BCUT2D eigenvalue weighted by Gasteiger charge is 2.18. The van der Waals surface area contributed by atoms with Crippen molar-refractivity contribution in [2.24, 2.45) is 0 Å². The number of anilines is 1. The van der Waals surface area contributed by atoms with Gasteiger partial charge in [0.15, 0.2) is 0 Å². The number of aromatic nitrogens is 2. The van der Waals surface area contributed by atoms with Crippen molar-refractivity contribution in [2.45, 2.75) is 45.1 Å². The quantitative estimate of drug-likeness (QED) is 0.809. The third kappa shape index (κ3) is 6.40. The van der Waals surface area contributed by atoms with Gasteiger partial charge in [0.1, 0.15) is 17.7 Å². The number of carbonyl (C=O) groups is 1. The minimum absolute atomic E-state index is 0.412. The highest BCUT2D eigenvalue weighted by molar-refractivity contribution is 5.67. The maximum absolute atomic E-state index is 11.5. The highest BCUT2D eigenvalue weighted by atomic mass is 16.6. The number of nitrogens with one attached hydrogen (secondary N) is 2. The van der Waals surface area contributed by atoms with E-state index in [0.29, 0.717) is 19.0 Å². The Morgan fingerprint density at radius 3 is 2.74 bits per heavy atom. The molecular formula is C16H26N4O3. The van der Waals surface area contributed by atoms with E-state index in [-0.39, 0.29) is 0 Å².